The van der Waals surface area contributed by atoms with Gasteiger partial charge in [-0.3, -0.25) is 4.90 Å². The summed E-state index contributed by atoms with van der Waals surface area (Å²) in [6.07, 6.45) is 0.736. The SMILES string of the molecule is Cc1cc(CN2CCCN(S(=O)(=O)c3c(C)cc(Cl)cc3Cl)CC2)no1. The van der Waals surface area contributed by atoms with Gasteiger partial charge >= 0.3 is 0 Å². The first-order valence-corrected chi connectivity index (χ1v) is 10.6. The number of aryl methyl sites for hydroxylation is 2. The van der Waals surface area contributed by atoms with Gasteiger partial charge in [-0.1, -0.05) is 28.4 Å². The molecule has 26 heavy (non-hydrogen) atoms. The number of halogens is 2. The van der Waals surface area contributed by atoms with Crippen LogP contribution in [0.15, 0.2) is 27.6 Å². The van der Waals surface area contributed by atoms with Crippen LogP contribution in [0.3, 0.4) is 0 Å². The van der Waals surface area contributed by atoms with Gasteiger partial charge in [0.2, 0.25) is 10.0 Å². The molecule has 0 N–H and O–H groups in total. The van der Waals surface area contributed by atoms with Crippen LogP contribution in [0.5, 0.6) is 0 Å². The summed E-state index contributed by atoms with van der Waals surface area (Å²) in [6, 6.07) is 4.99. The number of benzene rings is 1. The summed E-state index contributed by atoms with van der Waals surface area (Å²) in [7, 11) is -3.67. The second kappa shape index (κ2) is 7.86. The summed E-state index contributed by atoms with van der Waals surface area (Å²) in [6.45, 7) is 6.48. The van der Waals surface area contributed by atoms with Crippen LogP contribution >= 0.6 is 23.2 Å². The Morgan fingerprint density at radius 2 is 1.88 bits per heavy atom. The Kier molecular flexibility index (Phi) is 5.94. The second-order valence-electron chi connectivity index (χ2n) is 6.50. The van der Waals surface area contributed by atoms with Crippen LogP contribution in [-0.2, 0) is 16.6 Å². The van der Waals surface area contributed by atoms with Gasteiger partial charge in [-0.25, -0.2) is 8.42 Å². The van der Waals surface area contributed by atoms with E-state index >= 15 is 0 Å². The molecule has 0 aliphatic carbocycles. The van der Waals surface area contributed by atoms with Gasteiger partial charge in [0.1, 0.15) is 10.7 Å². The minimum atomic E-state index is -3.67. The van der Waals surface area contributed by atoms with E-state index in [0.29, 0.717) is 36.8 Å². The fourth-order valence-electron chi connectivity index (χ4n) is 3.21. The minimum Gasteiger partial charge on any atom is -0.361 e. The Bertz CT molecular complexity index is 875. The smallest absolute Gasteiger partial charge is 0.244 e. The van der Waals surface area contributed by atoms with Gasteiger partial charge < -0.3 is 4.52 Å². The summed E-state index contributed by atoms with van der Waals surface area (Å²) in [5.74, 6) is 0.770. The van der Waals surface area contributed by atoms with E-state index in [1.54, 1.807) is 13.0 Å². The Morgan fingerprint density at radius 3 is 2.54 bits per heavy atom. The Morgan fingerprint density at radius 1 is 1.12 bits per heavy atom. The zero-order valence-electron chi connectivity index (χ0n) is 14.7. The lowest BCUT2D eigenvalue weighted by atomic mass is 10.2. The molecule has 0 spiro atoms. The van der Waals surface area contributed by atoms with E-state index in [0.717, 1.165) is 24.4 Å². The van der Waals surface area contributed by atoms with Crippen molar-refractivity contribution in [2.75, 3.05) is 26.2 Å². The summed E-state index contributed by atoms with van der Waals surface area (Å²) in [5.41, 5.74) is 1.41. The number of sulfonamides is 1. The van der Waals surface area contributed by atoms with E-state index in [9.17, 15) is 8.42 Å². The first kappa shape index (κ1) is 19.6. The molecule has 142 valence electrons. The highest BCUT2D eigenvalue weighted by Gasteiger charge is 2.30. The van der Waals surface area contributed by atoms with Crippen molar-refractivity contribution in [2.24, 2.45) is 0 Å². The fourth-order valence-corrected chi connectivity index (χ4v) is 5.82. The van der Waals surface area contributed by atoms with E-state index in [-0.39, 0.29) is 9.92 Å². The number of nitrogens with zero attached hydrogens (tertiary/aromatic N) is 3. The molecule has 1 aliphatic rings. The Balaban J connectivity index is 1.76. The van der Waals surface area contributed by atoms with Crippen molar-refractivity contribution in [3.8, 4) is 0 Å². The third-order valence-corrected chi connectivity index (χ3v) is 7.13. The van der Waals surface area contributed by atoms with Gasteiger partial charge in [0.25, 0.3) is 0 Å². The van der Waals surface area contributed by atoms with Gasteiger partial charge in [0, 0.05) is 37.3 Å². The molecule has 0 unspecified atom stereocenters. The normalized spacial score (nSPS) is 17.4. The van der Waals surface area contributed by atoms with Crippen LogP contribution in [0.1, 0.15) is 23.4 Å². The maximum absolute atomic E-state index is 13.1. The van der Waals surface area contributed by atoms with E-state index in [1.165, 1.54) is 10.4 Å². The summed E-state index contributed by atoms with van der Waals surface area (Å²) in [4.78, 5) is 2.33. The Labute approximate surface area is 163 Å². The quantitative estimate of drug-likeness (QED) is 0.761. The lowest BCUT2D eigenvalue weighted by molar-refractivity contribution is 0.268. The molecular formula is C17H21Cl2N3O3S. The van der Waals surface area contributed by atoms with Gasteiger partial charge in [-0.05, 0) is 44.5 Å². The van der Waals surface area contributed by atoms with E-state index in [4.69, 9.17) is 27.7 Å². The Hall–Kier alpha value is -1.12. The number of hydrogen-bond acceptors (Lipinski definition) is 5. The molecule has 1 fully saturated rings. The zero-order chi connectivity index (χ0) is 18.9. The maximum Gasteiger partial charge on any atom is 0.244 e. The third kappa shape index (κ3) is 4.23. The fraction of sp³-hybridized carbons (Fsp3) is 0.471. The van der Waals surface area contributed by atoms with Crippen LogP contribution in [0.2, 0.25) is 10.0 Å². The average Bonchev–Trinajstić information content (AvgIpc) is 2.79. The largest absolute Gasteiger partial charge is 0.361 e. The molecule has 0 amide bonds. The zero-order valence-corrected chi connectivity index (χ0v) is 17.0. The van der Waals surface area contributed by atoms with Gasteiger partial charge in [-0.2, -0.15) is 4.31 Å². The minimum absolute atomic E-state index is 0.143. The van der Waals surface area contributed by atoms with Crippen molar-refractivity contribution in [1.82, 2.24) is 14.4 Å². The van der Waals surface area contributed by atoms with E-state index < -0.39 is 10.0 Å². The van der Waals surface area contributed by atoms with Gasteiger partial charge in [-0.15, -0.1) is 0 Å². The van der Waals surface area contributed by atoms with Crippen LogP contribution in [0.4, 0.5) is 0 Å². The highest BCUT2D eigenvalue weighted by atomic mass is 35.5. The lowest BCUT2D eigenvalue weighted by Gasteiger charge is -2.22. The number of aromatic nitrogens is 1. The van der Waals surface area contributed by atoms with Crippen molar-refractivity contribution in [2.45, 2.75) is 31.7 Å². The molecule has 0 saturated carbocycles. The standard InChI is InChI=1S/C17H21Cl2N3O3S/c1-12-8-14(18)10-16(19)17(12)26(23,24)22-5-3-4-21(6-7-22)11-15-9-13(2)25-20-15/h8-10H,3-7,11H2,1-2H3. The lowest BCUT2D eigenvalue weighted by Crippen LogP contribution is -2.35. The monoisotopic (exact) mass is 417 g/mol. The molecule has 6 nitrogen and oxygen atoms in total. The molecule has 2 heterocycles. The van der Waals surface area contributed by atoms with Crippen molar-refractivity contribution in [3.63, 3.8) is 0 Å². The van der Waals surface area contributed by atoms with Crippen molar-refractivity contribution in [1.29, 1.82) is 0 Å². The molecule has 1 saturated heterocycles. The first-order valence-electron chi connectivity index (χ1n) is 8.38. The predicted octanol–water partition coefficient (Wildman–Crippen LogP) is 3.49. The molecule has 1 aromatic carbocycles. The molecular weight excluding hydrogens is 397 g/mol. The third-order valence-electron chi connectivity index (χ3n) is 4.40. The highest BCUT2D eigenvalue weighted by Crippen LogP contribution is 2.31. The van der Waals surface area contributed by atoms with Crippen molar-refractivity contribution in [3.05, 3.63) is 45.3 Å². The van der Waals surface area contributed by atoms with Gasteiger partial charge in [0.15, 0.2) is 0 Å². The van der Waals surface area contributed by atoms with E-state index in [1.807, 2.05) is 13.0 Å². The molecule has 2 aromatic rings. The summed E-state index contributed by atoms with van der Waals surface area (Å²) >= 11 is 12.2. The molecule has 3 rings (SSSR count). The maximum atomic E-state index is 13.1. The van der Waals surface area contributed by atoms with Crippen molar-refractivity contribution >= 4 is 33.2 Å². The molecule has 0 bridgehead atoms. The van der Waals surface area contributed by atoms with Crippen LogP contribution < -0.4 is 0 Å². The van der Waals surface area contributed by atoms with E-state index in [2.05, 4.69) is 10.1 Å². The molecule has 0 radical (unpaired) electrons. The average molecular weight is 418 g/mol. The topological polar surface area (TPSA) is 66.7 Å². The van der Waals surface area contributed by atoms with Crippen LogP contribution in [-0.4, -0.2) is 49.0 Å². The first-order chi connectivity index (χ1) is 12.3. The number of hydrogen-bond donors (Lipinski definition) is 0. The second-order valence-corrected chi connectivity index (χ2v) is 9.21. The van der Waals surface area contributed by atoms with Crippen molar-refractivity contribution < 1.29 is 12.9 Å². The molecule has 1 aliphatic heterocycles. The van der Waals surface area contributed by atoms with Crippen LogP contribution in [0.25, 0.3) is 0 Å². The molecule has 1 aromatic heterocycles. The van der Waals surface area contributed by atoms with Gasteiger partial charge in [0.05, 0.1) is 10.7 Å². The molecule has 0 atom stereocenters. The highest BCUT2D eigenvalue weighted by molar-refractivity contribution is 7.89. The predicted molar refractivity (Wildman–Crippen MR) is 101 cm³/mol. The number of rotatable bonds is 4. The summed E-state index contributed by atoms with van der Waals surface area (Å²) < 4.78 is 32.8. The molecule has 9 heteroatoms. The van der Waals surface area contributed by atoms with Crippen LogP contribution in [0, 0.1) is 13.8 Å². The summed E-state index contributed by atoms with van der Waals surface area (Å²) in [5, 5.41) is 4.60.